The number of carbonyl (C=O) groups is 2. The third-order valence-corrected chi connectivity index (χ3v) is 5.78. The van der Waals surface area contributed by atoms with Crippen molar-refractivity contribution in [2.24, 2.45) is 0 Å². The number of Topliss-reactive ketones (excluding diaryl/α,β-unsaturated/α-hetero) is 1. The van der Waals surface area contributed by atoms with Crippen LogP contribution in [0.3, 0.4) is 0 Å². The zero-order valence-corrected chi connectivity index (χ0v) is 19.5. The van der Waals surface area contributed by atoms with Crippen LogP contribution in [0.1, 0.15) is 53.7 Å². The Morgan fingerprint density at radius 1 is 1.15 bits per heavy atom. The molecule has 0 bridgehead atoms. The molecule has 1 aliphatic heterocycles. The summed E-state index contributed by atoms with van der Waals surface area (Å²) >= 11 is 0. The minimum Gasteiger partial charge on any atom is -0.507 e. The van der Waals surface area contributed by atoms with E-state index in [4.69, 9.17) is 9.26 Å². The third kappa shape index (κ3) is 3.82. The molecule has 8 nitrogen and oxygen atoms in total. The number of anilines is 1. The Morgan fingerprint density at radius 3 is 2.45 bits per heavy atom. The number of nitrogens with zero attached hydrogens (tertiary/aromatic N) is 2. The number of aryl methyl sites for hydroxylation is 3. The van der Waals surface area contributed by atoms with Gasteiger partial charge in [0.1, 0.15) is 17.3 Å². The van der Waals surface area contributed by atoms with E-state index >= 15 is 0 Å². The van der Waals surface area contributed by atoms with Crippen LogP contribution in [0.2, 0.25) is 0 Å². The number of H-pyrrole nitrogens is 1. The molecule has 8 heteroatoms. The van der Waals surface area contributed by atoms with E-state index in [1.165, 1.54) is 4.90 Å². The van der Waals surface area contributed by atoms with Crippen LogP contribution in [0.25, 0.3) is 5.76 Å². The van der Waals surface area contributed by atoms with Gasteiger partial charge >= 0.3 is 5.91 Å². The topological polar surface area (TPSA) is 109 Å². The van der Waals surface area contributed by atoms with Crippen LogP contribution in [0.4, 0.5) is 5.82 Å². The number of carbonyl (C=O) groups excluding carboxylic acids is 2. The number of amides is 1. The first kappa shape index (κ1) is 22.4. The molecule has 33 heavy (non-hydrogen) atoms. The van der Waals surface area contributed by atoms with Gasteiger partial charge in [-0.3, -0.25) is 14.5 Å². The van der Waals surface area contributed by atoms with Gasteiger partial charge in [0.2, 0.25) is 0 Å². The van der Waals surface area contributed by atoms with Crippen LogP contribution in [-0.2, 0) is 9.59 Å². The molecule has 0 radical (unpaired) electrons. The first-order valence-corrected chi connectivity index (χ1v) is 10.8. The summed E-state index contributed by atoms with van der Waals surface area (Å²) in [4.78, 5) is 30.9. The third-order valence-electron chi connectivity index (χ3n) is 5.78. The summed E-state index contributed by atoms with van der Waals surface area (Å²) in [6.45, 7) is 11.1. The van der Waals surface area contributed by atoms with E-state index in [0.29, 0.717) is 28.3 Å². The van der Waals surface area contributed by atoms with Gasteiger partial charge in [-0.05, 0) is 64.8 Å². The Kier molecular flexibility index (Phi) is 5.61. The SMILES string of the molecule is Cc1cc(N2C(=O)C(=O)/C(=C(/O)c3c(C)[nH]c(C)c3C)C2c2cccc(OC(C)C)c2)no1. The van der Waals surface area contributed by atoms with Crippen LogP contribution in [-0.4, -0.2) is 33.0 Å². The second-order valence-corrected chi connectivity index (χ2v) is 8.58. The molecule has 3 aromatic rings. The molecule has 3 heterocycles. The van der Waals surface area contributed by atoms with Crippen molar-refractivity contribution < 1.29 is 24.0 Å². The molecule has 172 valence electrons. The maximum atomic E-state index is 13.3. The van der Waals surface area contributed by atoms with Crippen LogP contribution >= 0.6 is 0 Å². The maximum Gasteiger partial charge on any atom is 0.301 e. The molecule has 1 saturated heterocycles. The van der Waals surface area contributed by atoms with Gasteiger partial charge in [0.25, 0.3) is 5.78 Å². The maximum absolute atomic E-state index is 13.3. The second kappa shape index (κ2) is 8.27. The van der Waals surface area contributed by atoms with E-state index in [9.17, 15) is 14.7 Å². The Morgan fingerprint density at radius 2 is 1.88 bits per heavy atom. The molecule has 0 spiro atoms. The Labute approximate surface area is 191 Å². The lowest BCUT2D eigenvalue weighted by molar-refractivity contribution is -0.132. The summed E-state index contributed by atoms with van der Waals surface area (Å²) in [5, 5.41) is 15.4. The first-order chi connectivity index (χ1) is 15.6. The molecular weight excluding hydrogens is 422 g/mol. The molecular formula is C25H27N3O5. The van der Waals surface area contributed by atoms with Gasteiger partial charge in [0.05, 0.1) is 17.7 Å². The number of benzene rings is 1. The van der Waals surface area contributed by atoms with E-state index < -0.39 is 17.7 Å². The number of hydrogen-bond donors (Lipinski definition) is 2. The fourth-order valence-corrected chi connectivity index (χ4v) is 4.28. The van der Waals surface area contributed by atoms with Crippen molar-refractivity contribution in [1.82, 2.24) is 10.1 Å². The number of hydrogen-bond acceptors (Lipinski definition) is 6. The molecule has 1 aromatic carbocycles. The van der Waals surface area contributed by atoms with E-state index in [1.807, 2.05) is 34.6 Å². The van der Waals surface area contributed by atoms with Gasteiger partial charge < -0.3 is 19.4 Å². The van der Waals surface area contributed by atoms with Gasteiger partial charge in [-0.15, -0.1) is 0 Å². The highest BCUT2D eigenvalue weighted by atomic mass is 16.5. The fraction of sp³-hybridized carbons (Fsp3) is 0.320. The number of ether oxygens (including phenoxy) is 1. The standard InChI is InChI=1S/C25H27N3O5/c1-12(2)32-18-9-7-8-17(11-18)22-21(23(29)20-14(4)15(5)26-16(20)6)24(30)25(31)28(22)19-10-13(3)33-27-19/h7-12,22,26,29H,1-6H3/b23-21+. The van der Waals surface area contributed by atoms with E-state index in [-0.39, 0.29) is 23.3 Å². The number of rotatable bonds is 5. The monoisotopic (exact) mass is 449 g/mol. The molecule has 0 saturated carbocycles. The smallest absolute Gasteiger partial charge is 0.301 e. The van der Waals surface area contributed by atoms with Crippen molar-refractivity contribution in [3.63, 3.8) is 0 Å². The molecule has 1 unspecified atom stereocenters. The molecule has 1 atom stereocenters. The quantitative estimate of drug-likeness (QED) is 0.333. The predicted octanol–water partition coefficient (Wildman–Crippen LogP) is 4.65. The van der Waals surface area contributed by atoms with Crippen LogP contribution in [0.15, 0.2) is 40.4 Å². The number of aromatic nitrogens is 2. The van der Waals surface area contributed by atoms with Crippen LogP contribution in [0.5, 0.6) is 5.75 Å². The average molecular weight is 450 g/mol. The van der Waals surface area contributed by atoms with Crippen molar-refractivity contribution in [2.45, 2.75) is 53.7 Å². The Bertz CT molecular complexity index is 1280. The van der Waals surface area contributed by atoms with E-state index in [0.717, 1.165) is 11.3 Å². The summed E-state index contributed by atoms with van der Waals surface area (Å²) in [5.74, 6) is -0.508. The molecule has 1 fully saturated rings. The first-order valence-electron chi connectivity index (χ1n) is 10.8. The number of aromatic amines is 1. The number of aliphatic hydroxyl groups is 1. The van der Waals surface area contributed by atoms with Gasteiger partial charge in [-0.2, -0.15) is 0 Å². The van der Waals surface area contributed by atoms with E-state index in [1.54, 1.807) is 37.3 Å². The Balaban J connectivity index is 1.97. The van der Waals surface area contributed by atoms with Crippen molar-refractivity contribution in [3.05, 3.63) is 69.7 Å². The second-order valence-electron chi connectivity index (χ2n) is 8.58. The fourth-order valence-electron chi connectivity index (χ4n) is 4.28. The number of nitrogens with one attached hydrogen (secondary N) is 1. The summed E-state index contributed by atoms with van der Waals surface area (Å²) in [6.07, 6.45) is -0.0575. The highest BCUT2D eigenvalue weighted by Gasteiger charge is 2.48. The highest BCUT2D eigenvalue weighted by molar-refractivity contribution is 6.51. The largest absolute Gasteiger partial charge is 0.507 e. The predicted molar refractivity (Wildman–Crippen MR) is 123 cm³/mol. The molecule has 1 amide bonds. The molecule has 0 aliphatic carbocycles. The normalized spacial score (nSPS) is 17.9. The lowest BCUT2D eigenvalue weighted by atomic mass is 9.94. The molecule has 2 N–H and O–H groups in total. The van der Waals surface area contributed by atoms with E-state index in [2.05, 4.69) is 10.1 Å². The summed E-state index contributed by atoms with van der Waals surface area (Å²) in [5.41, 5.74) is 3.51. The van der Waals surface area contributed by atoms with Crippen LogP contribution < -0.4 is 9.64 Å². The lowest BCUT2D eigenvalue weighted by Crippen LogP contribution is -2.29. The minimum absolute atomic E-state index is 0.00690. The summed E-state index contributed by atoms with van der Waals surface area (Å²) < 4.78 is 11.0. The zero-order valence-electron chi connectivity index (χ0n) is 19.5. The van der Waals surface area contributed by atoms with Gasteiger partial charge in [0.15, 0.2) is 5.82 Å². The lowest BCUT2D eigenvalue weighted by Gasteiger charge is -2.23. The van der Waals surface area contributed by atoms with Crippen molar-refractivity contribution in [3.8, 4) is 5.75 Å². The average Bonchev–Trinajstić information content (AvgIpc) is 3.36. The minimum atomic E-state index is -0.904. The van der Waals surface area contributed by atoms with Crippen LogP contribution in [0, 0.1) is 27.7 Å². The summed E-state index contributed by atoms with van der Waals surface area (Å²) in [7, 11) is 0. The van der Waals surface area contributed by atoms with Gasteiger partial charge in [0, 0.05) is 23.0 Å². The zero-order chi connectivity index (χ0) is 24.0. The van der Waals surface area contributed by atoms with Crippen molar-refractivity contribution >= 4 is 23.3 Å². The molecule has 2 aromatic heterocycles. The number of aliphatic hydroxyl groups excluding tert-OH is 1. The molecule has 1 aliphatic rings. The Hall–Kier alpha value is -3.81. The van der Waals surface area contributed by atoms with Gasteiger partial charge in [-0.1, -0.05) is 17.3 Å². The summed E-state index contributed by atoms with van der Waals surface area (Å²) in [6, 6.07) is 7.84. The van der Waals surface area contributed by atoms with Crippen molar-refractivity contribution in [2.75, 3.05) is 4.90 Å². The molecule has 4 rings (SSSR count). The van der Waals surface area contributed by atoms with Gasteiger partial charge in [-0.25, -0.2) is 0 Å². The number of ketones is 1. The van der Waals surface area contributed by atoms with Crippen molar-refractivity contribution in [1.29, 1.82) is 0 Å². The highest BCUT2D eigenvalue weighted by Crippen LogP contribution is 2.43.